The Hall–Kier alpha value is -2.53. The maximum atomic E-state index is 12.5. The molecule has 0 atom stereocenters. The fourth-order valence-electron chi connectivity index (χ4n) is 2.62. The van der Waals surface area contributed by atoms with Crippen LogP contribution in [0.4, 0.5) is 5.69 Å². The molecule has 132 valence electrons. The Morgan fingerprint density at radius 3 is 2.48 bits per heavy atom. The van der Waals surface area contributed by atoms with Gasteiger partial charge >= 0.3 is 0 Å². The lowest BCUT2D eigenvalue weighted by Crippen LogP contribution is -2.15. The number of amides is 1. The van der Waals surface area contributed by atoms with Crippen LogP contribution in [-0.2, 0) is 6.42 Å². The zero-order chi connectivity index (χ0) is 17.6. The van der Waals surface area contributed by atoms with Gasteiger partial charge in [-0.15, -0.1) is 0 Å². The summed E-state index contributed by atoms with van der Waals surface area (Å²) in [6.07, 6.45) is 1.83. The minimum absolute atomic E-state index is 0.156. The molecule has 0 saturated carbocycles. The fraction of sp³-hybridized carbons (Fsp3) is 0.350. The Morgan fingerprint density at radius 2 is 1.76 bits per heavy atom. The molecule has 1 amide bonds. The Bertz CT molecular complexity index is 726. The van der Waals surface area contributed by atoms with E-state index >= 15 is 0 Å². The molecule has 1 N–H and O–H groups in total. The van der Waals surface area contributed by atoms with E-state index in [1.54, 1.807) is 18.2 Å². The van der Waals surface area contributed by atoms with Gasteiger partial charge in [-0.25, -0.2) is 0 Å². The van der Waals surface area contributed by atoms with E-state index < -0.39 is 0 Å². The third-order valence-corrected chi connectivity index (χ3v) is 4.07. The van der Waals surface area contributed by atoms with E-state index in [1.165, 1.54) is 5.56 Å². The number of hydrogen-bond donors (Lipinski definition) is 1. The molecule has 1 aliphatic rings. The maximum Gasteiger partial charge on any atom is 0.255 e. The summed E-state index contributed by atoms with van der Waals surface area (Å²) in [6.45, 7) is 2.24. The molecular formula is C20H24N2O3. The molecular weight excluding hydrogens is 316 g/mol. The zero-order valence-corrected chi connectivity index (χ0v) is 14.7. The zero-order valence-electron chi connectivity index (χ0n) is 14.7. The normalized spacial score (nSPS) is 13.4. The van der Waals surface area contributed by atoms with Crippen LogP contribution in [0.3, 0.4) is 0 Å². The molecule has 2 aromatic rings. The number of benzene rings is 2. The molecule has 0 saturated heterocycles. The van der Waals surface area contributed by atoms with Crippen LogP contribution < -0.4 is 14.8 Å². The Balaban J connectivity index is 1.65. The van der Waals surface area contributed by atoms with Gasteiger partial charge in [0, 0.05) is 24.2 Å². The predicted octanol–water partition coefficient (Wildman–Crippen LogP) is 3.20. The van der Waals surface area contributed by atoms with Crippen molar-refractivity contribution in [3.05, 3.63) is 53.6 Å². The lowest BCUT2D eigenvalue weighted by atomic mass is 10.1. The second kappa shape index (κ2) is 8.03. The third kappa shape index (κ3) is 4.73. The minimum Gasteiger partial charge on any atom is -0.490 e. The van der Waals surface area contributed by atoms with Crippen LogP contribution >= 0.6 is 0 Å². The van der Waals surface area contributed by atoms with Crippen molar-refractivity contribution in [3.8, 4) is 11.5 Å². The summed E-state index contributed by atoms with van der Waals surface area (Å²) < 4.78 is 11.2. The summed E-state index contributed by atoms with van der Waals surface area (Å²) in [5.41, 5.74) is 2.59. The number of nitrogens with zero attached hydrogens (tertiary/aromatic N) is 1. The van der Waals surface area contributed by atoms with E-state index in [4.69, 9.17) is 9.47 Å². The highest BCUT2D eigenvalue weighted by atomic mass is 16.5. The summed E-state index contributed by atoms with van der Waals surface area (Å²) in [5.74, 6) is 1.17. The maximum absolute atomic E-state index is 12.5. The number of anilines is 1. The average molecular weight is 340 g/mol. The van der Waals surface area contributed by atoms with Crippen molar-refractivity contribution in [3.63, 3.8) is 0 Å². The van der Waals surface area contributed by atoms with Gasteiger partial charge in [0.15, 0.2) is 11.5 Å². The van der Waals surface area contributed by atoms with Crippen LogP contribution in [0.15, 0.2) is 42.5 Å². The molecule has 5 nitrogen and oxygen atoms in total. The summed E-state index contributed by atoms with van der Waals surface area (Å²) in [5, 5.41) is 2.93. The van der Waals surface area contributed by atoms with E-state index in [-0.39, 0.29) is 5.91 Å². The van der Waals surface area contributed by atoms with Crippen molar-refractivity contribution in [2.75, 3.05) is 39.2 Å². The van der Waals surface area contributed by atoms with Gasteiger partial charge < -0.3 is 19.7 Å². The van der Waals surface area contributed by atoms with E-state index in [9.17, 15) is 4.79 Å². The summed E-state index contributed by atoms with van der Waals surface area (Å²) in [7, 11) is 4.12. The predicted molar refractivity (Wildman–Crippen MR) is 98.7 cm³/mol. The van der Waals surface area contributed by atoms with Gasteiger partial charge in [0.05, 0.1) is 13.2 Å². The molecule has 1 aliphatic heterocycles. The number of ether oxygens (including phenoxy) is 2. The highest BCUT2D eigenvalue weighted by molar-refractivity contribution is 6.04. The first-order chi connectivity index (χ1) is 12.1. The number of likely N-dealkylation sites (N-methyl/N-ethyl adjacent to an activating group) is 1. The van der Waals surface area contributed by atoms with Crippen LogP contribution in [0.1, 0.15) is 22.3 Å². The average Bonchev–Trinajstić information content (AvgIpc) is 2.85. The largest absolute Gasteiger partial charge is 0.490 e. The lowest BCUT2D eigenvalue weighted by Gasteiger charge is -2.11. The molecule has 0 unspecified atom stereocenters. The topological polar surface area (TPSA) is 50.8 Å². The molecule has 2 aromatic carbocycles. The van der Waals surface area contributed by atoms with Crippen LogP contribution in [0, 0.1) is 0 Å². The molecule has 3 rings (SSSR count). The second-order valence-corrected chi connectivity index (χ2v) is 6.42. The van der Waals surface area contributed by atoms with Gasteiger partial charge in [0.25, 0.3) is 5.91 Å². The van der Waals surface area contributed by atoms with Crippen molar-refractivity contribution in [1.29, 1.82) is 0 Å². The molecule has 0 aromatic heterocycles. The number of fused-ring (bicyclic) bond motifs is 1. The molecule has 0 bridgehead atoms. The van der Waals surface area contributed by atoms with Gasteiger partial charge in [-0.3, -0.25) is 4.79 Å². The smallest absolute Gasteiger partial charge is 0.255 e. The fourth-order valence-corrected chi connectivity index (χ4v) is 2.62. The van der Waals surface area contributed by atoms with Crippen LogP contribution in [0.5, 0.6) is 11.5 Å². The van der Waals surface area contributed by atoms with Crippen molar-refractivity contribution in [2.45, 2.75) is 12.8 Å². The van der Waals surface area contributed by atoms with Crippen LogP contribution in [0.2, 0.25) is 0 Å². The van der Waals surface area contributed by atoms with Crippen molar-refractivity contribution in [1.82, 2.24) is 4.90 Å². The van der Waals surface area contributed by atoms with Gasteiger partial charge in [0.2, 0.25) is 0 Å². The van der Waals surface area contributed by atoms with E-state index in [0.717, 1.165) is 25.1 Å². The van der Waals surface area contributed by atoms with E-state index in [0.29, 0.717) is 30.3 Å². The minimum atomic E-state index is -0.156. The molecule has 0 fully saturated rings. The third-order valence-electron chi connectivity index (χ3n) is 4.07. The Morgan fingerprint density at radius 1 is 1.04 bits per heavy atom. The summed E-state index contributed by atoms with van der Waals surface area (Å²) >= 11 is 0. The van der Waals surface area contributed by atoms with Crippen molar-refractivity contribution < 1.29 is 14.3 Å². The highest BCUT2D eigenvalue weighted by Gasteiger charge is 2.14. The van der Waals surface area contributed by atoms with Gasteiger partial charge in [-0.2, -0.15) is 0 Å². The number of hydrogen-bond acceptors (Lipinski definition) is 4. The van der Waals surface area contributed by atoms with E-state index in [1.807, 2.05) is 24.3 Å². The van der Waals surface area contributed by atoms with Crippen LogP contribution in [0.25, 0.3) is 0 Å². The first kappa shape index (κ1) is 17.3. The Labute approximate surface area is 148 Å². The molecule has 0 aliphatic carbocycles. The first-order valence-corrected chi connectivity index (χ1v) is 8.56. The SMILES string of the molecule is CN(C)CCc1ccc(NC(=O)c2ccc3c(c2)OCCCO3)cc1. The van der Waals surface area contributed by atoms with Gasteiger partial charge in [-0.1, -0.05) is 12.1 Å². The molecule has 5 heteroatoms. The number of nitrogens with one attached hydrogen (secondary N) is 1. The quantitative estimate of drug-likeness (QED) is 0.908. The van der Waals surface area contributed by atoms with Crippen molar-refractivity contribution in [2.24, 2.45) is 0 Å². The Kier molecular flexibility index (Phi) is 5.56. The number of carbonyl (C=O) groups excluding carboxylic acids is 1. The van der Waals surface area contributed by atoms with Gasteiger partial charge in [-0.05, 0) is 56.4 Å². The summed E-state index contributed by atoms with van der Waals surface area (Å²) in [6, 6.07) is 13.3. The lowest BCUT2D eigenvalue weighted by molar-refractivity contribution is 0.102. The first-order valence-electron chi connectivity index (χ1n) is 8.56. The summed E-state index contributed by atoms with van der Waals surface area (Å²) in [4.78, 5) is 14.6. The van der Waals surface area contributed by atoms with Crippen LogP contribution in [-0.4, -0.2) is 44.7 Å². The molecule has 0 radical (unpaired) electrons. The monoisotopic (exact) mass is 340 g/mol. The molecule has 25 heavy (non-hydrogen) atoms. The molecule has 0 spiro atoms. The standard InChI is InChI=1S/C20H24N2O3/c1-22(2)11-10-15-4-7-17(8-5-15)21-20(23)16-6-9-18-19(14-16)25-13-3-12-24-18/h4-9,14H,3,10-13H2,1-2H3,(H,21,23). The number of carbonyl (C=O) groups is 1. The molecule has 1 heterocycles. The second-order valence-electron chi connectivity index (χ2n) is 6.42. The van der Waals surface area contributed by atoms with Gasteiger partial charge in [0.1, 0.15) is 0 Å². The number of rotatable bonds is 5. The van der Waals surface area contributed by atoms with Crippen molar-refractivity contribution >= 4 is 11.6 Å². The van der Waals surface area contributed by atoms with E-state index in [2.05, 4.69) is 24.3 Å². The highest BCUT2D eigenvalue weighted by Crippen LogP contribution is 2.30.